The van der Waals surface area contributed by atoms with Gasteiger partial charge in [-0.2, -0.15) is 0 Å². The Labute approximate surface area is 224 Å². The molecule has 10 nitrogen and oxygen atoms in total. The van der Waals surface area contributed by atoms with Crippen molar-refractivity contribution in [2.45, 2.75) is 52.6 Å². The fraction of sp³-hybridized carbons (Fsp3) is 0.481. The van der Waals surface area contributed by atoms with E-state index in [9.17, 15) is 18.0 Å². The molecule has 2 aromatic carbocycles. The summed E-state index contributed by atoms with van der Waals surface area (Å²) in [6, 6.07) is 11.2. The van der Waals surface area contributed by atoms with Crippen molar-refractivity contribution < 1.29 is 32.2 Å². The van der Waals surface area contributed by atoms with Gasteiger partial charge in [0.25, 0.3) is 0 Å². The molecule has 2 aromatic rings. The molecule has 0 radical (unpaired) electrons. The average Bonchev–Trinajstić information content (AvgIpc) is 3.40. The Hall–Kier alpha value is -3.47. The first kappa shape index (κ1) is 29.1. The average molecular weight is 548 g/mol. The van der Waals surface area contributed by atoms with Crippen molar-refractivity contribution >= 4 is 27.5 Å². The van der Waals surface area contributed by atoms with Gasteiger partial charge in [0.2, 0.25) is 28.6 Å². The number of unbranched alkanes of at least 4 members (excludes halogenated alkanes) is 1. The van der Waals surface area contributed by atoms with Gasteiger partial charge < -0.3 is 24.4 Å². The lowest BCUT2D eigenvalue weighted by molar-refractivity contribution is -0.140. The van der Waals surface area contributed by atoms with Gasteiger partial charge in [-0.1, -0.05) is 32.4 Å². The summed E-state index contributed by atoms with van der Waals surface area (Å²) in [7, 11) is -2.27. The molecule has 0 bridgehead atoms. The molecule has 38 heavy (non-hydrogen) atoms. The van der Waals surface area contributed by atoms with E-state index in [4.69, 9.17) is 14.2 Å². The number of sulfonamides is 1. The van der Waals surface area contributed by atoms with Gasteiger partial charge in [0.05, 0.1) is 18.6 Å². The van der Waals surface area contributed by atoms with Gasteiger partial charge >= 0.3 is 0 Å². The minimum atomic E-state index is -3.84. The summed E-state index contributed by atoms with van der Waals surface area (Å²) in [4.78, 5) is 28.4. The van der Waals surface area contributed by atoms with Crippen LogP contribution in [0.3, 0.4) is 0 Å². The quantitative estimate of drug-likeness (QED) is 0.361. The molecule has 2 amide bonds. The second-order valence-corrected chi connectivity index (χ2v) is 11.1. The van der Waals surface area contributed by atoms with E-state index in [0.29, 0.717) is 30.2 Å². The standard InChI is InChI=1S/C27H37N3O7S/c1-5-8-15-28-27(32)23(6-2)29(17-20-9-12-22(35-4)13-10-20)26(31)18-30(38(33,34)7-3)21-11-14-24-25(16-21)37-19-36-24/h9-14,16,23H,5-8,15,17-19H2,1-4H3,(H,28,32)/t23-/m1/s1. The first-order valence-corrected chi connectivity index (χ1v) is 14.4. The molecule has 1 aliphatic rings. The Kier molecular flexibility index (Phi) is 10.2. The lowest BCUT2D eigenvalue weighted by atomic mass is 10.1. The van der Waals surface area contributed by atoms with E-state index in [1.165, 1.54) is 11.8 Å². The number of fused-ring (bicyclic) bond motifs is 1. The van der Waals surface area contributed by atoms with Crippen LogP contribution >= 0.6 is 0 Å². The molecule has 0 saturated heterocycles. The first-order valence-electron chi connectivity index (χ1n) is 12.8. The van der Waals surface area contributed by atoms with Crippen molar-refractivity contribution in [2.24, 2.45) is 0 Å². The van der Waals surface area contributed by atoms with Gasteiger partial charge in [-0.15, -0.1) is 0 Å². The Morgan fingerprint density at radius 3 is 2.39 bits per heavy atom. The maximum absolute atomic E-state index is 13.8. The highest BCUT2D eigenvalue weighted by molar-refractivity contribution is 7.92. The molecule has 0 unspecified atom stereocenters. The molecule has 1 atom stereocenters. The molecule has 0 aliphatic carbocycles. The molecule has 208 valence electrons. The number of hydrogen-bond acceptors (Lipinski definition) is 7. The summed E-state index contributed by atoms with van der Waals surface area (Å²) >= 11 is 0. The second kappa shape index (κ2) is 13.4. The lowest BCUT2D eigenvalue weighted by Gasteiger charge is -2.33. The minimum Gasteiger partial charge on any atom is -0.497 e. The highest BCUT2D eigenvalue weighted by Crippen LogP contribution is 2.36. The molecule has 1 aliphatic heterocycles. The zero-order valence-electron chi connectivity index (χ0n) is 22.4. The summed E-state index contributed by atoms with van der Waals surface area (Å²) in [6.07, 6.45) is 2.11. The zero-order valence-corrected chi connectivity index (χ0v) is 23.3. The van der Waals surface area contributed by atoms with Gasteiger partial charge in [0.15, 0.2) is 11.5 Å². The summed E-state index contributed by atoms with van der Waals surface area (Å²) in [5, 5.41) is 2.91. The second-order valence-electron chi connectivity index (χ2n) is 8.88. The summed E-state index contributed by atoms with van der Waals surface area (Å²) < 4.78 is 43.3. The number of nitrogens with one attached hydrogen (secondary N) is 1. The maximum Gasteiger partial charge on any atom is 0.244 e. The number of hydrogen-bond donors (Lipinski definition) is 1. The van der Waals surface area contributed by atoms with Gasteiger partial charge in [-0.05, 0) is 49.6 Å². The molecule has 1 heterocycles. The van der Waals surface area contributed by atoms with Gasteiger partial charge in [-0.3, -0.25) is 13.9 Å². The van der Waals surface area contributed by atoms with Crippen LogP contribution in [-0.4, -0.2) is 63.9 Å². The van der Waals surface area contributed by atoms with E-state index in [0.717, 1.165) is 22.7 Å². The van der Waals surface area contributed by atoms with Crippen LogP contribution in [0.5, 0.6) is 17.2 Å². The minimum absolute atomic E-state index is 0.0409. The number of benzene rings is 2. The Morgan fingerprint density at radius 2 is 1.76 bits per heavy atom. The number of ether oxygens (including phenoxy) is 3. The Balaban J connectivity index is 1.94. The first-order chi connectivity index (χ1) is 18.2. The molecule has 0 fully saturated rings. The maximum atomic E-state index is 13.8. The van der Waals surface area contributed by atoms with E-state index in [1.807, 2.05) is 26.0 Å². The van der Waals surface area contributed by atoms with E-state index < -0.39 is 28.5 Å². The van der Waals surface area contributed by atoms with Crippen LogP contribution in [0.1, 0.15) is 45.6 Å². The van der Waals surface area contributed by atoms with Crippen LogP contribution in [0.4, 0.5) is 5.69 Å². The Bertz CT molecular complexity index is 1200. The predicted molar refractivity (Wildman–Crippen MR) is 145 cm³/mol. The van der Waals surface area contributed by atoms with Crippen molar-refractivity contribution in [1.29, 1.82) is 0 Å². The van der Waals surface area contributed by atoms with Crippen molar-refractivity contribution in [1.82, 2.24) is 10.2 Å². The third-order valence-electron chi connectivity index (χ3n) is 6.35. The fourth-order valence-corrected chi connectivity index (χ4v) is 5.17. The van der Waals surface area contributed by atoms with E-state index >= 15 is 0 Å². The third kappa shape index (κ3) is 7.09. The lowest BCUT2D eigenvalue weighted by Crippen LogP contribution is -2.52. The molecule has 11 heteroatoms. The molecule has 0 saturated carbocycles. The van der Waals surface area contributed by atoms with E-state index in [2.05, 4.69) is 5.32 Å². The number of carbonyl (C=O) groups is 2. The fourth-order valence-electron chi connectivity index (χ4n) is 4.11. The highest BCUT2D eigenvalue weighted by atomic mass is 32.2. The van der Waals surface area contributed by atoms with Crippen LogP contribution in [-0.2, 0) is 26.2 Å². The SMILES string of the molecule is CCCCNC(=O)[C@@H](CC)N(Cc1ccc(OC)cc1)C(=O)CN(c1ccc2c(c1)OCO2)S(=O)(=O)CC. The summed E-state index contributed by atoms with van der Waals surface area (Å²) in [5.41, 5.74) is 1.07. The van der Waals surface area contributed by atoms with Crippen molar-refractivity contribution in [3.05, 3.63) is 48.0 Å². The zero-order chi connectivity index (χ0) is 27.7. The van der Waals surface area contributed by atoms with Gasteiger partial charge in [0, 0.05) is 19.2 Å². The number of rotatable bonds is 14. The number of amides is 2. The van der Waals surface area contributed by atoms with Gasteiger partial charge in [0.1, 0.15) is 18.3 Å². The topological polar surface area (TPSA) is 114 Å². The molecule has 3 rings (SSSR count). The van der Waals surface area contributed by atoms with Crippen LogP contribution in [0.15, 0.2) is 42.5 Å². The normalized spacial score (nSPS) is 13.1. The predicted octanol–water partition coefficient (Wildman–Crippen LogP) is 3.30. The van der Waals surface area contributed by atoms with Crippen LogP contribution in [0.2, 0.25) is 0 Å². The number of methoxy groups -OCH3 is 1. The number of anilines is 1. The monoisotopic (exact) mass is 547 g/mol. The van der Waals surface area contributed by atoms with Gasteiger partial charge in [-0.25, -0.2) is 8.42 Å². The highest BCUT2D eigenvalue weighted by Gasteiger charge is 2.33. The smallest absolute Gasteiger partial charge is 0.244 e. The molecular formula is C27H37N3O7S. The largest absolute Gasteiger partial charge is 0.497 e. The van der Waals surface area contributed by atoms with Crippen molar-refractivity contribution in [3.63, 3.8) is 0 Å². The molecule has 0 spiro atoms. The van der Waals surface area contributed by atoms with E-state index in [1.54, 1.807) is 37.4 Å². The van der Waals surface area contributed by atoms with Crippen LogP contribution in [0.25, 0.3) is 0 Å². The van der Waals surface area contributed by atoms with Crippen LogP contribution < -0.4 is 23.8 Å². The third-order valence-corrected chi connectivity index (χ3v) is 8.09. The van der Waals surface area contributed by atoms with Crippen molar-refractivity contribution in [2.75, 3.05) is 37.1 Å². The number of carbonyl (C=O) groups excluding carboxylic acids is 2. The summed E-state index contributed by atoms with van der Waals surface area (Å²) in [5.74, 6) is 0.609. The Morgan fingerprint density at radius 1 is 1.05 bits per heavy atom. The molecular weight excluding hydrogens is 510 g/mol. The molecule has 0 aromatic heterocycles. The number of nitrogens with zero attached hydrogens (tertiary/aromatic N) is 2. The van der Waals surface area contributed by atoms with Crippen LogP contribution in [0, 0.1) is 0 Å². The molecule has 1 N–H and O–H groups in total. The van der Waals surface area contributed by atoms with Crippen molar-refractivity contribution in [3.8, 4) is 17.2 Å². The summed E-state index contributed by atoms with van der Waals surface area (Å²) in [6.45, 7) is 5.58. The van der Waals surface area contributed by atoms with E-state index in [-0.39, 0.29) is 30.7 Å².